The lowest BCUT2D eigenvalue weighted by Gasteiger charge is -1.91. The van der Waals surface area contributed by atoms with Gasteiger partial charge in [-0.2, -0.15) is 0 Å². The molecule has 14 heavy (non-hydrogen) atoms. The number of rotatable bonds is 0. The Hall–Kier alpha value is -1.69. The summed E-state index contributed by atoms with van der Waals surface area (Å²) >= 11 is 0. The van der Waals surface area contributed by atoms with E-state index in [0.717, 1.165) is 0 Å². The maximum Gasteiger partial charge on any atom is 0.373 e. The lowest BCUT2D eigenvalue weighted by atomic mass is 10.2. The molecule has 0 amide bonds. The van der Waals surface area contributed by atoms with Crippen LogP contribution in [0.4, 0.5) is 0 Å². The van der Waals surface area contributed by atoms with Crippen molar-refractivity contribution < 1.29 is 29.2 Å². The molecule has 0 atom stereocenters. The summed E-state index contributed by atoms with van der Waals surface area (Å²) in [6, 6.07) is 0. The molecule has 1 heterocycles. The Morgan fingerprint density at radius 3 is 2.29 bits per heavy atom. The first kappa shape index (κ1) is 12.3. The highest BCUT2D eigenvalue weighted by Crippen LogP contribution is 2.07. The van der Waals surface area contributed by atoms with Gasteiger partial charge in [-0.3, -0.25) is 9.78 Å². The smallest absolute Gasteiger partial charge is 0.300 e. The van der Waals surface area contributed by atoms with Gasteiger partial charge >= 0.3 is 11.9 Å². The minimum atomic E-state index is -0.786. The molecule has 1 aliphatic rings. The van der Waals surface area contributed by atoms with Crippen LogP contribution in [-0.2, 0) is 29.2 Å². The van der Waals surface area contributed by atoms with Gasteiger partial charge < -0.3 is 4.79 Å². The molecule has 0 spiro atoms. The van der Waals surface area contributed by atoms with Crippen LogP contribution in [0.3, 0.4) is 0 Å². The third-order valence-electron chi connectivity index (χ3n) is 0.883. The molecule has 0 aromatic carbocycles. The lowest BCUT2D eigenvalue weighted by molar-refractivity contribution is -0.454. The molecule has 0 radical (unpaired) electrons. The van der Waals surface area contributed by atoms with E-state index in [-0.39, 0.29) is 17.8 Å². The van der Waals surface area contributed by atoms with E-state index in [1.165, 1.54) is 13.8 Å². The highest BCUT2D eigenvalue weighted by Gasteiger charge is 2.20. The molecule has 0 aromatic rings. The van der Waals surface area contributed by atoms with Crippen molar-refractivity contribution in [3.8, 4) is 0 Å². The average molecular weight is 202 g/mol. The Bertz CT molecular complexity index is 263. The molecule has 6 nitrogen and oxygen atoms in total. The van der Waals surface area contributed by atoms with Crippen molar-refractivity contribution in [3.63, 3.8) is 0 Å². The molecule has 78 valence electrons. The molecule has 0 aliphatic carbocycles. The molecule has 1 rings (SSSR count). The van der Waals surface area contributed by atoms with E-state index in [4.69, 9.17) is 0 Å². The third kappa shape index (κ3) is 5.90. The van der Waals surface area contributed by atoms with E-state index < -0.39 is 11.9 Å². The second kappa shape index (κ2) is 5.87. The fourth-order valence-corrected chi connectivity index (χ4v) is 0.421. The van der Waals surface area contributed by atoms with Gasteiger partial charge in [-0.05, 0) is 13.8 Å². The van der Waals surface area contributed by atoms with Gasteiger partial charge in [0.05, 0.1) is 6.42 Å². The van der Waals surface area contributed by atoms with E-state index in [9.17, 15) is 14.4 Å². The summed E-state index contributed by atoms with van der Waals surface area (Å²) in [6.45, 7) is 6.31. The first-order valence-corrected chi connectivity index (χ1v) is 3.66. The van der Waals surface area contributed by atoms with E-state index in [1.54, 1.807) is 0 Å². The Morgan fingerprint density at radius 1 is 1.29 bits per heavy atom. The summed E-state index contributed by atoms with van der Waals surface area (Å²) in [4.78, 5) is 38.1. The number of carbonyl (C=O) groups is 3. The predicted molar refractivity (Wildman–Crippen MR) is 43.4 cm³/mol. The molecule has 0 N–H and O–H groups in total. The monoisotopic (exact) mass is 202 g/mol. The van der Waals surface area contributed by atoms with Crippen LogP contribution in [0.2, 0.25) is 0 Å². The molecular formula is C8H10O6. The van der Waals surface area contributed by atoms with Crippen molar-refractivity contribution in [2.45, 2.75) is 20.3 Å². The van der Waals surface area contributed by atoms with Crippen molar-refractivity contribution in [1.29, 1.82) is 0 Å². The van der Waals surface area contributed by atoms with Gasteiger partial charge in [0, 0.05) is 10.6 Å². The van der Waals surface area contributed by atoms with Gasteiger partial charge in [0.1, 0.15) is 5.78 Å². The number of hydrogen-bond acceptors (Lipinski definition) is 6. The molecule has 0 unspecified atom stereocenters. The van der Waals surface area contributed by atoms with Gasteiger partial charge in [-0.15, -0.1) is 0 Å². The second-order valence-electron chi connectivity index (χ2n) is 2.58. The Morgan fingerprint density at radius 2 is 1.79 bits per heavy atom. The highest BCUT2D eigenvalue weighted by molar-refractivity contribution is 5.93. The first-order valence-electron chi connectivity index (χ1n) is 3.66. The van der Waals surface area contributed by atoms with Crippen LogP contribution in [0.15, 0.2) is 12.2 Å². The van der Waals surface area contributed by atoms with Crippen LogP contribution in [0.25, 0.3) is 0 Å². The summed E-state index contributed by atoms with van der Waals surface area (Å²) in [5, 5.41) is 3.73. The van der Waals surface area contributed by atoms with Crippen LogP contribution < -0.4 is 0 Å². The van der Waals surface area contributed by atoms with Crippen molar-refractivity contribution >= 4 is 17.7 Å². The van der Waals surface area contributed by atoms with Gasteiger partial charge in [-0.25, -0.2) is 9.59 Å². The summed E-state index contributed by atoms with van der Waals surface area (Å²) < 4.78 is 0. The Kier molecular flexibility index (Phi) is 5.16. The number of carbonyl (C=O) groups excluding carboxylic acids is 3. The van der Waals surface area contributed by atoms with Crippen LogP contribution in [-0.4, -0.2) is 17.7 Å². The Balaban J connectivity index is 0.000000364. The third-order valence-corrected chi connectivity index (χ3v) is 0.883. The number of hydrogen-bond donors (Lipinski definition) is 0. The second-order valence-corrected chi connectivity index (χ2v) is 2.58. The molecule has 6 heteroatoms. The normalized spacial score (nSPS) is 15.7. The maximum absolute atomic E-state index is 10.5. The molecule has 0 bridgehead atoms. The zero-order chi connectivity index (χ0) is 11.1. The Labute approximate surface area is 80.3 Å². The maximum atomic E-state index is 10.5. The molecule has 1 saturated heterocycles. The quantitative estimate of drug-likeness (QED) is 0.419. The van der Waals surface area contributed by atoms with Crippen molar-refractivity contribution in [2.75, 3.05) is 0 Å². The molecule has 1 fully saturated rings. The van der Waals surface area contributed by atoms with Gasteiger partial charge in [0.25, 0.3) is 0 Å². The standard InChI is InChI=1S/C5H4O5.C3H6O/c1-3-2-4(6)8-10-9-5(3)7;1-3(2)4/h1-2H2;1-2H3. The average Bonchev–Trinajstić information content (AvgIpc) is 2.13. The van der Waals surface area contributed by atoms with Crippen molar-refractivity contribution in [3.05, 3.63) is 12.2 Å². The largest absolute Gasteiger partial charge is 0.373 e. The van der Waals surface area contributed by atoms with Gasteiger partial charge in [0.15, 0.2) is 0 Å². The fraction of sp³-hybridized carbons (Fsp3) is 0.375. The van der Waals surface area contributed by atoms with Crippen LogP contribution in [0, 0.1) is 0 Å². The topological polar surface area (TPSA) is 78.9 Å². The predicted octanol–water partition coefficient (Wildman–Crippen LogP) is 0.475. The van der Waals surface area contributed by atoms with E-state index in [1.807, 2.05) is 0 Å². The fourth-order valence-electron chi connectivity index (χ4n) is 0.421. The van der Waals surface area contributed by atoms with E-state index in [2.05, 4.69) is 21.4 Å². The molecule has 0 saturated carbocycles. The summed E-state index contributed by atoms with van der Waals surface area (Å²) in [7, 11) is 0. The first-order chi connectivity index (χ1) is 6.43. The summed E-state index contributed by atoms with van der Waals surface area (Å²) in [5.74, 6) is -1.32. The zero-order valence-corrected chi connectivity index (χ0v) is 7.86. The number of Topliss-reactive ketones (excluding diaryl/α,β-unsaturated/α-hetero) is 1. The van der Waals surface area contributed by atoms with Gasteiger partial charge in [-0.1, -0.05) is 6.58 Å². The van der Waals surface area contributed by atoms with Crippen molar-refractivity contribution in [1.82, 2.24) is 0 Å². The number of ketones is 1. The minimum Gasteiger partial charge on any atom is -0.300 e. The summed E-state index contributed by atoms with van der Waals surface area (Å²) in [5.41, 5.74) is 0.0162. The SMILES string of the molecule is C=C1CC(=O)OOOC1=O.CC(C)=O. The lowest BCUT2D eigenvalue weighted by Crippen LogP contribution is -2.02. The van der Waals surface area contributed by atoms with Crippen molar-refractivity contribution in [2.24, 2.45) is 0 Å². The van der Waals surface area contributed by atoms with Crippen LogP contribution in [0.1, 0.15) is 20.3 Å². The van der Waals surface area contributed by atoms with Gasteiger partial charge in [0.2, 0.25) is 0 Å². The van der Waals surface area contributed by atoms with Crippen LogP contribution in [0.5, 0.6) is 0 Å². The van der Waals surface area contributed by atoms with E-state index in [0.29, 0.717) is 0 Å². The zero-order valence-electron chi connectivity index (χ0n) is 7.86. The molecule has 1 aliphatic heterocycles. The van der Waals surface area contributed by atoms with E-state index >= 15 is 0 Å². The highest BCUT2D eigenvalue weighted by atomic mass is 17.5. The van der Waals surface area contributed by atoms with Crippen LogP contribution >= 0.6 is 0 Å². The minimum absolute atomic E-state index is 0.0162. The molecule has 0 aromatic heterocycles. The molecular weight excluding hydrogens is 192 g/mol. The summed E-state index contributed by atoms with van der Waals surface area (Å²) in [6.07, 6.45) is -0.196.